The van der Waals surface area contributed by atoms with Gasteiger partial charge in [0.15, 0.2) is 11.8 Å². The highest BCUT2D eigenvalue weighted by Gasteiger charge is 2.05. The third kappa shape index (κ3) is 6.17. The van der Waals surface area contributed by atoms with Crippen LogP contribution in [0.3, 0.4) is 0 Å². The van der Waals surface area contributed by atoms with Crippen LogP contribution in [0.4, 0.5) is 0 Å². The number of benzene rings is 1. The van der Waals surface area contributed by atoms with Crippen molar-refractivity contribution in [3.63, 3.8) is 0 Å². The molecule has 26 heavy (non-hydrogen) atoms. The fourth-order valence-electron chi connectivity index (χ4n) is 2.83. The van der Waals surface area contributed by atoms with Gasteiger partial charge in [0.25, 0.3) is 0 Å². The normalized spacial score (nSPS) is 11.7. The first-order valence-corrected chi connectivity index (χ1v) is 9.43. The molecule has 0 amide bonds. The van der Waals surface area contributed by atoms with Crippen molar-refractivity contribution in [2.75, 3.05) is 13.1 Å². The Balaban J connectivity index is 1.95. The van der Waals surface area contributed by atoms with E-state index < -0.39 is 0 Å². The summed E-state index contributed by atoms with van der Waals surface area (Å²) in [6, 6.07) is 6.70. The lowest BCUT2D eigenvalue weighted by atomic mass is 10.1. The smallest absolute Gasteiger partial charge is 0.191 e. The van der Waals surface area contributed by atoms with E-state index >= 15 is 0 Å². The number of aromatic nitrogens is 3. The average molecular weight is 357 g/mol. The summed E-state index contributed by atoms with van der Waals surface area (Å²) in [6.07, 6.45) is 3.26. The topological polar surface area (TPSA) is 67.1 Å². The monoisotopic (exact) mass is 356 g/mol. The van der Waals surface area contributed by atoms with Gasteiger partial charge in [-0.1, -0.05) is 42.7 Å². The van der Waals surface area contributed by atoms with E-state index in [4.69, 9.17) is 0 Å². The third-order valence-corrected chi connectivity index (χ3v) is 4.37. The van der Waals surface area contributed by atoms with Crippen molar-refractivity contribution >= 4 is 5.96 Å². The molecule has 1 aromatic carbocycles. The Bertz CT molecular complexity index is 712. The van der Waals surface area contributed by atoms with Gasteiger partial charge < -0.3 is 15.2 Å². The number of nitrogens with one attached hydrogen (secondary N) is 2. The molecule has 0 saturated heterocycles. The number of hydrogen-bond donors (Lipinski definition) is 2. The van der Waals surface area contributed by atoms with Crippen molar-refractivity contribution in [1.29, 1.82) is 0 Å². The largest absolute Gasteiger partial charge is 0.356 e. The quantitative estimate of drug-likeness (QED) is 0.434. The predicted octanol–water partition coefficient (Wildman–Crippen LogP) is 2.82. The number of aryl methyl sites for hydroxylation is 3. The highest BCUT2D eigenvalue weighted by Crippen LogP contribution is 2.09. The van der Waals surface area contributed by atoms with Crippen LogP contribution in [-0.2, 0) is 20.0 Å². The van der Waals surface area contributed by atoms with Crippen LogP contribution in [-0.4, -0.2) is 33.8 Å². The molecule has 0 fully saturated rings. The van der Waals surface area contributed by atoms with Crippen LogP contribution in [0.1, 0.15) is 48.1 Å². The van der Waals surface area contributed by atoms with Crippen LogP contribution in [0.15, 0.2) is 23.2 Å². The number of nitrogens with zero attached hydrogens (tertiary/aromatic N) is 4. The molecule has 0 unspecified atom stereocenters. The van der Waals surface area contributed by atoms with E-state index in [1.807, 2.05) is 18.5 Å². The molecular weight excluding hydrogens is 324 g/mol. The van der Waals surface area contributed by atoms with E-state index in [0.29, 0.717) is 6.54 Å². The maximum Gasteiger partial charge on any atom is 0.191 e. The molecule has 2 N–H and O–H groups in total. The molecule has 0 radical (unpaired) electrons. The Hall–Kier alpha value is -2.37. The first-order chi connectivity index (χ1) is 12.5. The molecule has 142 valence electrons. The standard InChI is InChI=1S/C20H32N6/c1-6-7-9-21-20(23-14-19-25-24-17(4)26(19)5)22-10-8-18-12-15(2)11-16(3)13-18/h11-13H,6-10,14H2,1-5H3,(H2,21,22,23). The van der Waals surface area contributed by atoms with Crippen LogP contribution < -0.4 is 10.6 Å². The van der Waals surface area contributed by atoms with Crippen molar-refractivity contribution in [1.82, 2.24) is 25.4 Å². The zero-order valence-electron chi connectivity index (χ0n) is 16.8. The van der Waals surface area contributed by atoms with Gasteiger partial charge in [0.1, 0.15) is 12.4 Å². The van der Waals surface area contributed by atoms with Crippen molar-refractivity contribution in [3.8, 4) is 0 Å². The molecule has 0 saturated carbocycles. The second kappa shape index (κ2) is 9.94. The summed E-state index contributed by atoms with van der Waals surface area (Å²) >= 11 is 0. The summed E-state index contributed by atoms with van der Waals surface area (Å²) in [7, 11) is 1.97. The van der Waals surface area contributed by atoms with Gasteiger partial charge in [-0.05, 0) is 39.2 Å². The van der Waals surface area contributed by atoms with Crippen LogP contribution in [0.25, 0.3) is 0 Å². The Morgan fingerprint density at radius 3 is 2.35 bits per heavy atom. The number of rotatable bonds is 8. The average Bonchev–Trinajstić information content (AvgIpc) is 2.90. The molecule has 0 atom stereocenters. The molecular formula is C20H32N6. The van der Waals surface area contributed by atoms with E-state index in [1.165, 1.54) is 16.7 Å². The first-order valence-electron chi connectivity index (χ1n) is 9.43. The molecule has 2 rings (SSSR count). The van der Waals surface area contributed by atoms with Gasteiger partial charge in [-0.3, -0.25) is 0 Å². The molecule has 2 aromatic rings. The predicted molar refractivity (Wildman–Crippen MR) is 107 cm³/mol. The van der Waals surface area contributed by atoms with Gasteiger partial charge in [0.05, 0.1) is 0 Å². The lowest BCUT2D eigenvalue weighted by Crippen LogP contribution is -2.39. The summed E-state index contributed by atoms with van der Waals surface area (Å²) < 4.78 is 1.97. The van der Waals surface area contributed by atoms with E-state index in [0.717, 1.165) is 50.0 Å². The van der Waals surface area contributed by atoms with Crippen molar-refractivity contribution in [3.05, 3.63) is 46.5 Å². The molecule has 0 aliphatic heterocycles. The zero-order valence-corrected chi connectivity index (χ0v) is 16.8. The van der Waals surface area contributed by atoms with Gasteiger partial charge in [-0.2, -0.15) is 0 Å². The van der Waals surface area contributed by atoms with Crippen molar-refractivity contribution in [2.24, 2.45) is 12.0 Å². The van der Waals surface area contributed by atoms with Gasteiger partial charge >= 0.3 is 0 Å². The molecule has 1 heterocycles. The molecule has 0 spiro atoms. The molecule has 6 heteroatoms. The van der Waals surface area contributed by atoms with E-state index in [1.54, 1.807) is 0 Å². The second-order valence-electron chi connectivity index (χ2n) is 6.84. The molecule has 6 nitrogen and oxygen atoms in total. The van der Waals surface area contributed by atoms with E-state index in [-0.39, 0.29) is 0 Å². The molecule has 0 bridgehead atoms. The summed E-state index contributed by atoms with van der Waals surface area (Å²) in [6.45, 7) is 10.7. The minimum Gasteiger partial charge on any atom is -0.356 e. The van der Waals surface area contributed by atoms with Gasteiger partial charge in [0, 0.05) is 20.1 Å². The molecule has 0 aliphatic carbocycles. The maximum absolute atomic E-state index is 4.68. The second-order valence-corrected chi connectivity index (χ2v) is 6.84. The Kier molecular flexibility index (Phi) is 7.63. The Morgan fingerprint density at radius 2 is 1.73 bits per heavy atom. The third-order valence-electron chi connectivity index (χ3n) is 4.37. The maximum atomic E-state index is 4.68. The van der Waals surface area contributed by atoms with Gasteiger partial charge in [0.2, 0.25) is 0 Å². The highest BCUT2D eigenvalue weighted by atomic mass is 15.3. The fraction of sp³-hybridized carbons (Fsp3) is 0.550. The van der Waals surface area contributed by atoms with Gasteiger partial charge in [-0.15, -0.1) is 10.2 Å². The Morgan fingerprint density at radius 1 is 1.04 bits per heavy atom. The molecule has 1 aromatic heterocycles. The van der Waals surface area contributed by atoms with Crippen LogP contribution in [0.2, 0.25) is 0 Å². The number of guanidine groups is 1. The SMILES string of the molecule is CCCCNC(=NCc1nnc(C)n1C)NCCc1cc(C)cc(C)c1. The number of unbranched alkanes of at least 4 members (excludes halogenated alkanes) is 1. The fourth-order valence-corrected chi connectivity index (χ4v) is 2.83. The number of hydrogen-bond acceptors (Lipinski definition) is 3. The Labute approximate surface area is 157 Å². The highest BCUT2D eigenvalue weighted by molar-refractivity contribution is 5.79. The van der Waals surface area contributed by atoms with Crippen LogP contribution >= 0.6 is 0 Å². The number of aliphatic imine (C=N–C) groups is 1. The summed E-state index contributed by atoms with van der Waals surface area (Å²) in [5, 5.41) is 15.1. The van der Waals surface area contributed by atoms with E-state index in [9.17, 15) is 0 Å². The lowest BCUT2D eigenvalue weighted by Gasteiger charge is -2.13. The lowest BCUT2D eigenvalue weighted by molar-refractivity contribution is 0.714. The zero-order chi connectivity index (χ0) is 18.9. The minimum absolute atomic E-state index is 0.516. The van der Waals surface area contributed by atoms with Crippen molar-refractivity contribution < 1.29 is 0 Å². The summed E-state index contributed by atoms with van der Waals surface area (Å²) in [4.78, 5) is 4.68. The van der Waals surface area contributed by atoms with Gasteiger partial charge in [-0.25, -0.2) is 4.99 Å². The first kappa shape index (κ1) is 19.9. The van der Waals surface area contributed by atoms with E-state index in [2.05, 4.69) is 64.8 Å². The van der Waals surface area contributed by atoms with Crippen LogP contribution in [0.5, 0.6) is 0 Å². The summed E-state index contributed by atoms with van der Waals surface area (Å²) in [5.74, 6) is 2.61. The minimum atomic E-state index is 0.516. The summed E-state index contributed by atoms with van der Waals surface area (Å²) in [5.41, 5.74) is 3.98. The van der Waals surface area contributed by atoms with Crippen LogP contribution in [0, 0.1) is 20.8 Å². The molecule has 0 aliphatic rings. The van der Waals surface area contributed by atoms with Crippen molar-refractivity contribution in [2.45, 2.75) is 53.5 Å².